The molecule has 0 saturated carbocycles. The van der Waals surface area contributed by atoms with Gasteiger partial charge in [-0.2, -0.15) is 0 Å². The van der Waals surface area contributed by atoms with E-state index in [9.17, 15) is 35.1 Å². The Morgan fingerprint density at radius 1 is 0.364 bits per heavy atom. The van der Waals surface area contributed by atoms with Gasteiger partial charge in [0.2, 0.25) is 5.91 Å². The highest BCUT2D eigenvalue weighted by Crippen LogP contribution is 2.24. The molecule has 99 heavy (non-hydrogen) atoms. The summed E-state index contributed by atoms with van der Waals surface area (Å²) in [6.45, 7) is 4.36. The normalized spacial score (nSPS) is 17.3. The largest absolute Gasteiger partial charge is 0.466 e. The molecular formula is C88H167NO10. The summed E-state index contributed by atoms with van der Waals surface area (Å²) < 4.78 is 16.8. The second-order valence-corrected chi connectivity index (χ2v) is 30.6. The van der Waals surface area contributed by atoms with Crippen molar-refractivity contribution in [3.63, 3.8) is 0 Å². The number of unbranched alkanes of at least 4 members (excludes halogenated alkanes) is 61. The van der Waals surface area contributed by atoms with Gasteiger partial charge in [0.1, 0.15) is 24.4 Å². The van der Waals surface area contributed by atoms with Crippen molar-refractivity contribution in [3.8, 4) is 0 Å². The lowest BCUT2D eigenvalue weighted by Crippen LogP contribution is -2.60. The number of carbonyl (C=O) groups is 2. The molecule has 584 valence electrons. The molecule has 0 aromatic carbocycles. The molecule has 1 rings (SSSR count). The molecule has 7 atom stereocenters. The van der Waals surface area contributed by atoms with Gasteiger partial charge in [0.15, 0.2) is 6.29 Å². The Hall–Kier alpha value is -2.12. The number of carbonyl (C=O) groups excluding carboxylic acids is 2. The number of aliphatic hydroxyl groups excluding tert-OH is 5. The van der Waals surface area contributed by atoms with Crippen molar-refractivity contribution in [1.29, 1.82) is 0 Å². The van der Waals surface area contributed by atoms with Crippen LogP contribution in [0, 0.1) is 0 Å². The molecule has 0 spiro atoms. The third kappa shape index (κ3) is 65.2. The van der Waals surface area contributed by atoms with Crippen molar-refractivity contribution in [1.82, 2.24) is 5.32 Å². The maximum absolute atomic E-state index is 13.1. The topological polar surface area (TPSA) is 175 Å². The highest BCUT2D eigenvalue weighted by atomic mass is 16.7. The van der Waals surface area contributed by atoms with Crippen LogP contribution < -0.4 is 5.32 Å². The molecule has 0 bridgehead atoms. The summed E-state index contributed by atoms with van der Waals surface area (Å²) in [4.78, 5) is 25.2. The lowest BCUT2D eigenvalue weighted by atomic mass is 9.99. The summed E-state index contributed by atoms with van der Waals surface area (Å²) in [5, 5.41) is 54.5. The predicted octanol–water partition coefficient (Wildman–Crippen LogP) is 24.4. The van der Waals surface area contributed by atoms with Crippen molar-refractivity contribution < 1.29 is 49.3 Å². The molecule has 7 unspecified atom stereocenters. The molecule has 1 fully saturated rings. The van der Waals surface area contributed by atoms with Crippen LogP contribution in [0.1, 0.15) is 450 Å². The standard InChI is InChI=1S/C88H167NO10/c1-3-5-7-9-11-13-15-17-18-19-41-45-48-52-56-60-64-68-72-76-84(93)97-77-73-69-65-61-57-53-49-46-43-40-38-36-34-32-30-28-26-24-22-20-21-23-25-27-29-31-33-35-37-39-42-44-47-51-55-59-63-67-71-75-83(92)89-80(79-98-88-87(96)86(95)85(94)82(78-90)99-88)81(91)74-70-66-62-58-54-50-16-14-12-10-8-6-4-2/h12,14,54,58,70,74,80-82,85-88,90-91,94-96H,3-11,13,15-53,55-57,59-69,71-73,75-79H2,1-2H3,(H,89,92)/b14-12+,58-54+,74-70+. The maximum Gasteiger partial charge on any atom is 0.305 e. The fourth-order valence-electron chi connectivity index (χ4n) is 14.2. The molecule has 0 aromatic rings. The first-order chi connectivity index (χ1) is 48.7. The zero-order chi connectivity index (χ0) is 71.5. The Labute approximate surface area is 613 Å². The van der Waals surface area contributed by atoms with Crippen LogP contribution in [0.2, 0.25) is 0 Å². The fourth-order valence-corrected chi connectivity index (χ4v) is 14.2. The third-order valence-corrected chi connectivity index (χ3v) is 21.0. The van der Waals surface area contributed by atoms with Crippen LogP contribution in [0.4, 0.5) is 0 Å². The zero-order valence-electron chi connectivity index (χ0n) is 65.5. The van der Waals surface area contributed by atoms with E-state index >= 15 is 0 Å². The second kappa shape index (κ2) is 77.0. The smallest absolute Gasteiger partial charge is 0.305 e. The van der Waals surface area contributed by atoms with E-state index in [0.717, 1.165) is 64.2 Å². The van der Waals surface area contributed by atoms with E-state index in [4.69, 9.17) is 14.2 Å². The van der Waals surface area contributed by atoms with Gasteiger partial charge in [0.25, 0.3) is 0 Å². The summed E-state index contributed by atoms with van der Waals surface area (Å²) in [6.07, 6.45) is 92.2. The molecule has 1 aliphatic rings. The van der Waals surface area contributed by atoms with Gasteiger partial charge in [0.05, 0.1) is 32.0 Å². The van der Waals surface area contributed by atoms with Gasteiger partial charge in [-0.15, -0.1) is 0 Å². The summed E-state index contributed by atoms with van der Waals surface area (Å²) in [5.74, 6) is -0.165. The number of rotatable bonds is 79. The number of esters is 1. The van der Waals surface area contributed by atoms with Crippen LogP contribution in [0.25, 0.3) is 0 Å². The summed E-state index contributed by atoms with van der Waals surface area (Å²) in [7, 11) is 0. The van der Waals surface area contributed by atoms with Gasteiger partial charge < -0.3 is 45.1 Å². The Balaban J connectivity index is 1.84. The Kier molecular flexibility index (Phi) is 73.8. The van der Waals surface area contributed by atoms with Crippen molar-refractivity contribution in [3.05, 3.63) is 36.5 Å². The van der Waals surface area contributed by atoms with Gasteiger partial charge in [-0.1, -0.05) is 416 Å². The van der Waals surface area contributed by atoms with Crippen LogP contribution in [0.5, 0.6) is 0 Å². The Morgan fingerprint density at radius 2 is 0.657 bits per heavy atom. The highest BCUT2D eigenvalue weighted by Gasteiger charge is 2.44. The SMILES string of the molecule is CCCCC/C=C/CC/C=C/CC/C=C/C(O)C(COC1OC(CO)C(O)C(O)C1O)NC(=O)CCCCCCCCCCCCCCCCCCCCCCCCCCCCCCCCCCCCCCCCCOC(=O)CCCCCCCCCCCCCCCCCCCCC. The lowest BCUT2D eigenvalue weighted by molar-refractivity contribution is -0.302. The predicted molar refractivity (Wildman–Crippen MR) is 421 cm³/mol. The molecule has 1 saturated heterocycles. The highest BCUT2D eigenvalue weighted by molar-refractivity contribution is 5.76. The number of ether oxygens (including phenoxy) is 3. The average molecular weight is 1400 g/mol. The molecule has 11 nitrogen and oxygen atoms in total. The maximum atomic E-state index is 13.1. The van der Waals surface area contributed by atoms with Crippen molar-refractivity contribution in [2.45, 2.75) is 493 Å². The van der Waals surface area contributed by atoms with Gasteiger partial charge in [-0.3, -0.25) is 9.59 Å². The monoisotopic (exact) mass is 1400 g/mol. The third-order valence-electron chi connectivity index (χ3n) is 21.0. The molecule has 0 aliphatic carbocycles. The van der Waals surface area contributed by atoms with E-state index in [-0.39, 0.29) is 18.5 Å². The minimum absolute atomic E-state index is 0.0239. The number of hydrogen-bond donors (Lipinski definition) is 6. The van der Waals surface area contributed by atoms with Crippen molar-refractivity contribution in [2.24, 2.45) is 0 Å². The zero-order valence-corrected chi connectivity index (χ0v) is 65.5. The minimum Gasteiger partial charge on any atom is -0.466 e. The molecule has 11 heteroatoms. The Bertz CT molecular complexity index is 1740. The first kappa shape index (κ1) is 94.9. The molecule has 0 aromatic heterocycles. The number of amides is 1. The first-order valence-electron chi connectivity index (χ1n) is 43.8. The van der Waals surface area contributed by atoms with E-state index in [1.807, 2.05) is 6.08 Å². The van der Waals surface area contributed by atoms with Crippen molar-refractivity contribution in [2.75, 3.05) is 19.8 Å². The molecular weight excluding hydrogens is 1230 g/mol. The van der Waals surface area contributed by atoms with Crippen LogP contribution in [-0.2, 0) is 23.8 Å². The van der Waals surface area contributed by atoms with Crippen LogP contribution in [0.3, 0.4) is 0 Å². The van der Waals surface area contributed by atoms with E-state index in [0.29, 0.717) is 19.4 Å². The molecule has 6 N–H and O–H groups in total. The van der Waals surface area contributed by atoms with Gasteiger partial charge in [-0.25, -0.2) is 0 Å². The van der Waals surface area contributed by atoms with Crippen molar-refractivity contribution >= 4 is 11.9 Å². The number of aliphatic hydroxyl groups is 5. The average Bonchev–Trinajstić information content (AvgIpc) is 0.834. The fraction of sp³-hybridized carbons (Fsp3) is 0.909. The van der Waals surface area contributed by atoms with Gasteiger partial charge in [0, 0.05) is 12.8 Å². The molecule has 1 heterocycles. The first-order valence-corrected chi connectivity index (χ1v) is 43.8. The number of allylic oxidation sites excluding steroid dienone is 5. The summed E-state index contributed by atoms with van der Waals surface area (Å²) >= 11 is 0. The summed E-state index contributed by atoms with van der Waals surface area (Å²) in [5.41, 5.74) is 0. The van der Waals surface area contributed by atoms with E-state index < -0.39 is 49.5 Å². The number of nitrogens with one attached hydrogen (secondary N) is 1. The van der Waals surface area contributed by atoms with E-state index in [1.54, 1.807) is 6.08 Å². The molecule has 0 radical (unpaired) electrons. The molecule has 1 amide bonds. The lowest BCUT2D eigenvalue weighted by Gasteiger charge is -2.40. The Morgan fingerprint density at radius 3 is 1.00 bits per heavy atom. The molecule has 1 aliphatic heterocycles. The van der Waals surface area contributed by atoms with Crippen LogP contribution in [0.15, 0.2) is 36.5 Å². The van der Waals surface area contributed by atoms with Gasteiger partial charge in [-0.05, 0) is 57.8 Å². The van der Waals surface area contributed by atoms with Crippen LogP contribution in [-0.4, -0.2) is 100 Å². The van der Waals surface area contributed by atoms with E-state index in [1.165, 1.54) is 360 Å². The van der Waals surface area contributed by atoms with Crippen LogP contribution >= 0.6 is 0 Å². The number of hydrogen-bond acceptors (Lipinski definition) is 10. The summed E-state index contributed by atoms with van der Waals surface area (Å²) in [6, 6.07) is -0.830. The van der Waals surface area contributed by atoms with Gasteiger partial charge >= 0.3 is 5.97 Å². The minimum atomic E-state index is -1.58. The second-order valence-electron chi connectivity index (χ2n) is 30.6. The van der Waals surface area contributed by atoms with E-state index in [2.05, 4.69) is 43.5 Å². The quantitative estimate of drug-likeness (QED) is 0.0195.